The van der Waals surface area contributed by atoms with Crippen molar-refractivity contribution >= 4 is 45.2 Å². The van der Waals surface area contributed by atoms with Crippen molar-refractivity contribution in [1.29, 1.82) is 0 Å². The number of hydrogen-bond acceptors (Lipinski definition) is 7. The largest absolute Gasteiger partial charge is 0.350 e. The zero-order chi connectivity index (χ0) is 20.8. The van der Waals surface area contributed by atoms with E-state index in [1.54, 1.807) is 18.0 Å². The number of hydrogen-bond donors (Lipinski definition) is 1. The van der Waals surface area contributed by atoms with Gasteiger partial charge < -0.3 is 10.2 Å². The summed E-state index contributed by atoms with van der Waals surface area (Å²) in [5, 5.41) is 5.46. The van der Waals surface area contributed by atoms with Crippen LogP contribution in [-0.4, -0.2) is 50.4 Å². The minimum Gasteiger partial charge on any atom is -0.350 e. The zero-order valence-electron chi connectivity index (χ0n) is 16.7. The Morgan fingerprint density at radius 2 is 2.21 bits per heavy atom. The Bertz CT molecular complexity index is 980. The van der Waals surface area contributed by atoms with Gasteiger partial charge in [-0.2, -0.15) is 11.8 Å². The molecule has 1 aliphatic rings. The van der Waals surface area contributed by atoms with Crippen LogP contribution in [0.3, 0.4) is 0 Å². The lowest BCUT2D eigenvalue weighted by atomic mass is 10.3. The summed E-state index contributed by atoms with van der Waals surface area (Å²) in [6.07, 6.45) is 5.82. The number of halogens is 1. The van der Waals surface area contributed by atoms with E-state index in [1.165, 1.54) is 17.4 Å². The first-order valence-electron chi connectivity index (χ1n) is 9.54. The lowest BCUT2D eigenvalue weighted by molar-refractivity contribution is 0.0790. The standard InChI is InChI=1S/C18H18FN5OS2.C2H6/c1-26-13-2-4-24(10-13)17(25)15-16-14(3-5-27-16)22-18(23-15)21-8-11-6-12(19)9-20-7-11;1-2/h3,5-7,9,13H,2,4,8,10H2,1H3,(H,21,22,23);1-2H3/t13-;/m1./s1. The van der Waals surface area contributed by atoms with Crippen LogP contribution in [0.4, 0.5) is 10.3 Å². The highest BCUT2D eigenvalue weighted by atomic mass is 32.2. The second-order valence-corrected chi connectivity index (χ2v) is 8.35. The lowest BCUT2D eigenvalue weighted by Gasteiger charge is -2.16. The number of thioether (sulfide) groups is 1. The van der Waals surface area contributed by atoms with E-state index < -0.39 is 5.82 Å². The molecule has 1 aliphatic heterocycles. The van der Waals surface area contributed by atoms with Crippen molar-refractivity contribution in [2.75, 3.05) is 24.7 Å². The fourth-order valence-electron chi connectivity index (χ4n) is 3.08. The molecular weight excluding hydrogens is 409 g/mol. The number of aromatic nitrogens is 3. The summed E-state index contributed by atoms with van der Waals surface area (Å²) in [5.74, 6) is -0.0947. The topological polar surface area (TPSA) is 71.0 Å². The third-order valence-corrected chi connectivity index (χ3v) is 6.45. The molecule has 0 radical (unpaired) electrons. The van der Waals surface area contributed by atoms with Crippen LogP contribution in [-0.2, 0) is 6.54 Å². The molecule has 9 heteroatoms. The Morgan fingerprint density at radius 3 is 2.93 bits per heavy atom. The molecule has 154 valence electrons. The smallest absolute Gasteiger partial charge is 0.274 e. The molecule has 0 unspecified atom stereocenters. The average Bonchev–Trinajstić information content (AvgIpc) is 3.42. The van der Waals surface area contributed by atoms with Crippen molar-refractivity contribution < 1.29 is 9.18 Å². The summed E-state index contributed by atoms with van der Waals surface area (Å²) in [7, 11) is 0. The van der Waals surface area contributed by atoms with Crippen LogP contribution in [0.1, 0.15) is 36.3 Å². The van der Waals surface area contributed by atoms with Crippen LogP contribution in [0.5, 0.6) is 0 Å². The van der Waals surface area contributed by atoms with Crippen LogP contribution >= 0.6 is 23.1 Å². The predicted molar refractivity (Wildman–Crippen MR) is 118 cm³/mol. The van der Waals surface area contributed by atoms with E-state index in [4.69, 9.17) is 0 Å². The van der Waals surface area contributed by atoms with Crippen LogP contribution < -0.4 is 5.32 Å². The molecule has 3 aromatic heterocycles. The highest BCUT2D eigenvalue weighted by Gasteiger charge is 2.29. The monoisotopic (exact) mass is 433 g/mol. The SMILES string of the molecule is CC.CS[C@@H]1CCN(C(=O)c2nc(NCc3cncc(F)c3)nc3ccsc23)C1. The molecule has 6 nitrogen and oxygen atoms in total. The summed E-state index contributed by atoms with van der Waals surface area (Å²) >= 11 is 3.26. The van der Waals surface area contributed by atoms with Gasteiger partial charge in [-0.3, -0.25) is 9.78 Å². The number of amides is 1. The number of likely N-dealkylation sites (tertiary alicyclic amines) is 1. The average molecular weight is 434 g/mol. The first kappa shape index (κ1) is 21.4. The number of carbonyl (C=O) groups is 1. The van der Waals surface area contributed by atoms with Crippen molar-refractivity contribution in [3.8, 4) is 0 Å². The van der Waals surface area contributed by atoms with Crippen LogP contribution in [0.15, 0.2) is 29.9 Å². The Morgan fingerprint density at radius 1 is 1.38 bits per heavy atom. The number of pyridine rings is 1. The maximum Gasteiger partial charge on any atom is 0.274 e. The molecule has 0 saturated carbocycles. The van der Waals surface area contributed by atoms with Gasteiger partial charge in [0.05, 0.1) is 16.4 Å². The molecule has 0 aromatic carbocycles. The van der Waals surface area contributed by atoms with Gasteiger partial charge in [-0.15, -0.1) is 11.3 Å². The molecule has 29 heavy (non-hydrogen) atoms. The maximum atomic E-state index is 13.3. The van der Waals surface area contributed by atoms with Crippen LogP contribution in [0, 0.1) is 5.82 Å². The zero-order valence-corrected chi connectivity index (χ0v) is 18.3. The van der Waals surface area contributed by atoms with Crippen LogP contribution in [0.25, 0.3) is 10.2 Å². The second kappa shape index (κ2) is 9.98. The van der Waals surface area contributed by atoms with E-state index in [-0.39, 0.29) is 5.91 Å². The highest BCUT2D eigenvalue weighted by Crippen LogP contribution is 2.27. The Kier molecular flexibility index (Phi) is 7.38. The number of thiophene rings is 1. The Balaban J connectivity index is 0.00000117. The van der Waals surface area contributed by atoms with Gasteiger partial charge in [0, 0.05) is 31.1 Å². The van der Waals surface area contributed by atoms with Gasteiger partial charge in [0.2, 0.25) is 5.95 Å². The van der Waals surface area contributed by atoms with E-state index in [2.05, 4.69) is 26.5 Å². The fourth-order valence-corrected chi connectivity index (χ4v) is 4.56. The van der Waals surface area contributed by atoms with Crippen molar-refractivity contribution in [1.82, 2.24) is 19.9 Å². The highest BCUT2D eigenvalue weighted by molar-refractivity contribution is 7.99. The van der Waals surface area contributed by atoms with Gasteiger partial charge in [-0.1, -0.05) is 13.8 Å². The molecule has 0 spiro atoms. The summed E-state index contributed by atoms with van der Waals surface area (Å²) in [6, 6.07) is 3.28. The van der Waals surface area contributed by atoms with Gasteiger partial charge in [0.15, 0.2) is 5.69 Å². The molecule has 1 N–H and O–H groups in total. The summed E-state index contributed by atoms with van der Waals surface area (Å²) < 4.78 is 14.1. The maximum absolute atomic E-state index is 13.3. The molecule has 4 rings (SSSR count). The fraction of sp³-hybridized carbons (Fsp3) is 0.400. The molecule has 3 aromatic rings. The number of nitrogens with zero attached hydrogens (tertiary/aromatic N) is 4. The third-order valence-electron chi connectivity index (χ3n) is 4.48. The number of fused-ring (bicyclic) bond motifs is 1. The molecule has 1 fully saturated rings. The van der Waals surface area contributed by atoms with Crippen molar-refractivity contribution in [3.63, 3.8) is 0 Å². The minimum atomic E-state index is -0.392. The van der Waals surface area contributed by atoms with Crippen LogP contribution in [0.2, 0.25) is 0 Å². The second-order valence-electron chi connectivity index (χ2n) is 6.29. The number of carbonyl (C=O) groups excluding carboxylic acids is 1. The number of nitrogens with one attached hydrogen (secondary N) is 1. The molecular formula is C20H24FN5OS2. The van der Waals surface area contributed by atoms with E-state index in [0.29, 0.717) is 29.0 Å². The van der Waals surface area contributed by atoms with Gasteiger partial charge in [0.25, 0.3) is 5.91 Å². The first-order valence-corrected chi connectivity index (χ1v) is 11.7. The van der Waals surface area contributed by atoms with Crippen molar-refractivity contribution in [3.05, 3.63) is 47.0 Å². The molecule has 4 heterocycles. The molecule has 1 atom stereocenters. The summed E-state index contributed by atoms with van der Waals surface area (Å²) in [4.78, 5) is 27.7. The lowest BCUT2D eigenvalue weighted by Crippen LogP contribution is -2.30. The van der Waals surface area contributed by atoms with E-state index in [1.807, 2.05) is 30.2 Å². The van der Waals surface area contributed by atoms with E-state index in [9.17, 15) is 9.18 Å². The third kappa shape index (κ3) is 5.02. The summed E-state index contributed by atoms with van der Waals surface area (Å²) in [6.45, 7) is 5.82. The first-order chi connectivity index (χ1) is 14.1. The van der Waals surface area contributed by atoms with Gasteiger partial charge in [0.1, 0.15) is 5.82 Å². The van der Waals surface area contributed by atoms with Gasteiger partial charge >= 0.3 is 0 Å². The quantitative estimate of drug-likeness (QED) is 0.641. The molecule has 1 saturated heterocycles. The van der Waals surface area contributed by atoms with Crippen molar-refractivity contribution in [2.45, 2.75) is 32.1 Å². The number of anilines is 1. The van der Waals surface area contributed by atoms with Crippen molar-refractivity contribution in [2.24, 2.45) is 0 Å². The summed E-state index contributed by atoms with van der Waals surface area (Å²) in [5.41, 5.74) is 1.84. The van der Waals surface area contributed by atoms with E-state index in [0.717, 1.165) is 35.9 Å². The number of rotatable bonds is 5. The Labute approximate surface area is 178 Å². The molecule has 0 aliphatic carbocycles. The predicted octanol–water partition coefficient (Wildman–Crippen LogP) is 4.44. The van der Waals surface area contributed by atoms with E-state index >= 15 is 0 Å². The normalized spacial score (nSPS) is 15.9. The minimum absolute atomic E-state index is 0.0585. The Hall–Kier alpha value is -2.26. The molecule has 0 bridgehead atoms. The van der Waals surface area contributed by atoms with Gasteiger partial charge in [-0.05, 0) is 35.8 Å². The molecule has 1 amide bonds. The van der Waals surface area contributed by atoms with Gasteiger partial charge in [-0.25, -0.2) is 14.4 Å².